The van der Waals surface area contributed by atoms with Crippen LogP contribution in [0.15, 0.2) is 48.5 Å². The Morgan fingerprint density at radius 3 is 2.56 bits per heavy atom. The zero-order valence-corrected chi connectivity index (χ0v) is 14.5. The van der Waals surface area contributed by atoms with Gasteiger partial charge in [-0.2, -0.15) is 15.0 Å². The molecule has 0 aliphatic carbocycles. The molecule has 0 saturated carbocycles. The zero-order valence-electron chi connectivity index (χ0n) is 14.5. The number of aryl methyl sites for hydroxylation is 1. The first-order valence-electron chi connectivity index (χ1n) is 8.10. The zero-order chi connectivity index (χ0) is 19.2. The van der Waals surface area contributed by atoms with E-state index in [1.807, 2.05) is 31.2 Å². The van der Waals surface area contributed by atoms with Gasteiger partial charge in [0, 0.05) is 11.3 Å². The third kappa shape index (κ3) is 4.63. The quantitative estimate of drug-likeness (QED) is 0.506. The van der Waals surface area contributed by atoms with Gasteiger partial charge >= 0.3 is 5.97 Å². The molecule has 136 valence electrons. The third-order valence-corrected chi connectivity index (χ3v) is 3.71. The van der Waals surface area contributed by atoms with Crippen molar-refractivity contribution < 1.29 is 14.3 Å². The monoisotopic (exact) mass is 363 g/mol. The van der Waals surface area contributed by atoms with Crippen LogP contribution in [0.1, 0.15) is 32.1 Å². The number of para-hydroxylation sites is 1. The first-order valence-corrected chi connectivity index (χ1v) is 8.10. The minimum absolute atomic E-state index is 0.0162. The van der Waals surface area contributed by atoms with Crippen molar-refractivity contribution in [2.45, 2.75) is 13.5 Å². The summed E-state index contributed by atoms with van der Waals surface area (Å²) in [5.74, 6) is -0.0584. The van der Waals surface area contributed by atoms with Gasteiger partial charge < -0.3 is 15.8 Å². The topological polar surface area (TPSA) is 120 Å². The lowest BCUT2D eigenvalue weighted by Crippen LogP contribution is -2.11. The number of rotatable bonds is 6. The minimum Gasteiger partial charge on any atom is -0.454 e. The first-order chi connectivity index (χ1) is 13.0. The van der Waals surface area contributed by atoms with Gasteiger partial charge in [0.25, 0.3) is 0 Å². The standard InChI is InChI=1S/C19H17N5O3/c1-12-4-2-3-5-15(12)21-19-23-16(22-18(20)24-19)11-27-17(26)14-8-6-13(10-25)7-9-14/h2-10H,11H2,1H3,(H3,20,21,22,23,24). The Bertz CT molecular complexity index is 973. The molecule has 8 heteroatoms. The van der Waals surface area contributed by atoms with E-state index in [9.17, 15) is 9.59 Å². The van der Waals surface area contributed by atoms with E-state index in [2.05, 4.69) is 20.3 Å². The SMILES string of the molecule is Cc1ccccc1Nc1nc(N)nc(COC(=O)c2ccc(C=O)cc2)n1. The summed E-state index contributed by atoms with van der Waals surface area (Å²) in [6.07, 6.45) is 0.700. The maximum absolute atomic E-state index is 12.1. The fraction of sp³-hybridized carbons (Fsp3) is 0.105. The number of hydrogen-bond acceptors (Lipinski definition) is 8. The van der Waals surface area contributed by atoms with Gasteiger partial charge in [-0.3, -0.25) is 4.79 Å². The molecule has 2 aromatic carbocycles. The Balaban J connectivity index is 1.69. The van der Waals surface area contributed by atoms with E-state index < -0.39 is 5.97 Å². The van der Waals surface area contributed by atoms with Gasteiger partial charge in [0.2, 0.25) is 11.9 Å². The number of aromatic nitrogens is 3. The van der Waals surface area contributed by atoms with E-state index in [-0.39, 0.29) is 24.3 Å². The lowest BCUT2D eigenvalue weighted by atomic mass is 10.1. The predicted octanol–water partition coefficient (Wildman–Crippen LogP) is 2.68. The molecule has 0 radical (unpaired) electrons. The van der Waals surface area contributed by atoms with Gasteiger partial charge in [0.1, 0.15) is 6.29 Å². The Kier molecular flexibility index (Phi) is 5.36. The fourth-order valence-electron chi connectivity index (χ4n) is 2.30. The van der Waals surface area contributed by atoms with Crippen molar-refractivity contribution in [3.8, 4) is 0 Å². The second-order valence-corrected chi connectivity index (χ2v) is 5.69. The largest absolute Gasteiger partial charge is 0.454 e. The maximum Gasteiger partial charge on any atom is 0.338 e. The van der Waals surface area contributed by atoms with Gasteiger partial charge in [-0.15, -0.1) is 0 Å². The van der Waals surface area contributed by atoms with Crippen LogP contribution >= 0.6 is 0 Å². The summed E-state index contributed by atoms with van der Waals surface area (Å²) in [5.41, 5.74) is 8.37. The van der Waals surface area contributed by atoms with Crippen LogP contribution in [-0.2, 0) is 11.3 Å². The highest BCUT2D eigenvalue weighted by Crippen LogP contribution is 2.18. The van der Waals surface area contributed by atoms with Gasteiger partial charge in [-0.25, -0.2) is 4.79 Å². The van der Waals surface area contributed by atoms with E-state index in [1.54, 1.807) is 0 Å². The number of aldehydes is 1. The van der Waals surface area contributed by atoms with E-state index >= 15 is 0 Å². The van der Waals surface area contributed by atoms with Crippen LogP contribution in [0, 0.1) is 6.92 Å². The van der Waals surface area contributed by atoms with Crippen molar-refractivity contribution in [2.24, 2.45) is 0 Å². The number of esters is 1. The van der Waals surface area contributed by atoms with Crippen LogP contribution in [0.5, 0.6) is 0 Å². The van der Waals surface area contributed by atoms with Gasteiger partial charge in [-0.1, -0.05) is 30.3 Å². The van der Waals surface area contributed by atoms with E-state index in [1.165, 1.54) is 24.3 Å². The number of benzene rings is 2. The van der Waals surface area contributed by atoms with E-state index in [0.717, 1.165) is 11.3 Å². The molecule has 3 N–H and O–H groups in total. The Hall–Kier alpha value is -3.81. The van der Waals surface area contributed by atoms with Gasteiger partial charge in [0.05, 0.1) is 5.56 Å². The molecule has 3 rings (SSSR count). The van der Waals surface area contributed by atoms with Crippen LogP contribution in [0.2, 0.25) is 0 Å². The molecule has 8 nitrogen and oxygen atoms in total. The Morgan fingerprint density at radius 2 is 1.85 bits per heavy atom. The summed E-state index contributed by atoms with van der Waals surface area (Å²) in [6, 6.07) is 13.7. The molecule has 3 aromatic rings. The summed E-state index contributed by atoms with van der Waals surface area (Å²) in [5, 5.41) is 3.07. The summed E-state index contributed by atoms with van der Waals surface area (Å²) in [4.78, 5) is 35.0. The molecule has 0 aliphatic rings. The number of anilines is 3. The number of nitrogens with zero attached hydrogens (tertiary/aromatic N) is 3. The molecule has 0 fully saturated rings. The summed E-state index contributed by atoms with van der Waals surface area (Å²) in [6.45, 7) is 1.79. The molecular formula is C19H17N5O3. The molecule has 0 spiro atoms. The third-order valence-electron chi connectivity index (χ3n) is 3.71. The number of hydrogen-bond donors (Lipinski definition) is 2. The van der Waals surface area contributed by atoms with Crippen LogP contribution in [0.25, 0.3) is 0 Å². The highest BCUT2D eigenvalue weighted by molar-refractivity contribution is 5.90. The van der Waals surface area contributed by atoms with Crippen LogP contribution in [0.3, 0.4) is 0 Å². The van der Waals surface area contributed by atoms with Crippen molar-refractivity contribution in [3.05, 3.63) is 71.0 Å². The molecule has 0 saturated heterocycles. The summed E-state index contributed by atoms with van der Waals surface area (Å²) >= 11 is 0. The molecule has 0 amide bonds. The molecule has 0 unspecified atom stereocenters. The van der Waals surface area contributed by atoms with Gasteiger partial charge in [0.15, 0.2) is 12.4 Å². The molecule has 0 bridgehead atoms. The van der Waals surface area contributed by atoms with Crippen LogP contribution < -0.4 is 11.1 Å². The highest BCUT2D eigenvalue weighted by atomic mass is 16.5. The molecule has 1 aromatic heterocycles. The molecule has 0 aliphatic heterocycles. The summed E-state index contributed by atoms with van der Waals surface area (Å²) < 4.78 is 5.21. The Labute approximate surface area is 155 Å². The van der Waals surface area contributed by atoms with Crippen molar-refractivity contribution in [1.82, 2.24) is 15.0 Å². The predicted molar refractivity (Wildman–Crippen MR) is 99.7 cm³/mol. The normalized spacial score (nSPS) is 10.3. The highest BCUT2D eigenvalue weighted by Gasteiger charge is 2.11. The average molecular weight is 363 g/mol. The number of nitrogen functional groups attached to an aromatic ring is 1. The van der Waals surface area contributed by atoms with Crippen molar-refractivity contribution in [1.29, 1.82) is 0 Å². The molecule has 27 heavy (non-hydrogen) atoms. The lowest BCUT2D eigenvalue weighted by molar-refractivity contribution is 0.0462. The Morgan fingerprint density at radius 1 is 1.11 bits per heavy atom. The van der Waals surface area contributed by atoms with Gasteiger partial charge in [-0.05, 0) is 30.7 Å². The minimum atomic E-state index is -0.556. The number of carbonyl (C=O) groups is 2. The van der Waals surface area contributed by atoms with Crippen molar-refractivity contribution >= 4 is 29.8 Å². The lowest BCUT2D eigenvalue weighted by Gasteiger charge is -2.09. The average Bonchev–Trinajstić information content (AvgIpc) is 2.67. The molecule has 1 heterocycles. The van der Waals surface area contributed by atoms with Crippen LogP contribution in [0.4, 0.5) is 17.6 Å². The van der Waals surface area contributed by atoms with Crippen LogP contribution in [-0.4, -0.2) is 27.2 Å². The number of carbonyl (C=O) groups excluding carboxylic acids is 2. The van der Waals surface area contributed by atoms with Crippen molar-refractivity contribution in [2.75, 3.05) is 11.1 Å². The van der Waals surface area contributed by atoms with E-state index in [0.29, 0.717) is 17.4 Å². The second-order valence-electron chi connectivity index (χ2n) is 5.69. The number of nitrogens with two attached hydrogens (primary N) is 1. The first kappa shape index (κ1) is 18.0. The second kappa shape index (κ2) is 8.05. The number of ether oxygens (including phenoxy) is 1. The molecular weight excluding hydrogens is 346 g/mol. The van der Waals surface area contributed by atoms with Crippen molar-refractivity contribution in [3.63, 3.8) is 0 Å². The summed E-state index contributed by atoms with van der Waals surface area (Å²) in [7, 11) is 0. The molecule has 0 atom stereocenters. The smallest absolute Gasteiger partial charge is 0.338 e. The maximum atomic E-state index is 12.1. The number of nitrogens with one attached hydrogen (secondary N) is 1. The van der Waals surface area contributed by atoms with E-state index in [4.69, 9.17) is 10.5 Å². The fourth-order valence-corrected chi connectivity index (χ4v) is 2.30.